The smallest absolute Gasteiger partial charge is 0.222 e. The number of hydrogen-bond donors (Lipinski definition) is 1. The van der Waals surface area contributed by atoms with E-state index in [1.54, 1.807) is 7.11 Å². The van der Waals surface area contributed by atoms with Crippen LogP contribution in [-0.4, -0.2) is 50.2 Å². The number of unbranched alkanes of at least 4 members (excludes halogenated alkanes) is 1. The van der Waals surface area contributed by atoms with Crippen LogP contribution in [0, 0.1) is 5.92 Å². The Kier molecular flexibility index (Phi) is 8.15. The first kappa shape index (κ1) is 17.4. The SMILES string of the molecule is COCCCCN(C)C1CCC(NC(=O)C(C)C)CC1. The highest BCUT2D eigenvalue weighted by molar-refractivity contribution is 5.78. The first-order valence-corrected chi connectivity index (χ1v) is 8.04. The summed E-state index contributed by atoms with van der Waals surface area (Å²) in [4.78, 5) is 14.2. The Morgan fingerprint density at radius 3 is 2.45 bits per heavy atom. The summed E-state index contributed by atoms with van der Waals surface area (Å²) in [5, 5.41) is 3.16. The predicted molar refractivity (Wildman–Crippen MR) is 82.8 cm³/mol. The molecule has 0 aliphatic heterocycles. The normalized spacial score (nSPS) is 23.3. The molecular formula is C16H32N2O2. The molecular weight excluding hydrogens is 252 g/mol. The van der Waals surface area contributed by atoms with Gasteiger partial charge < -0.3 is 15.0 Å². The van der Waals surface area contributed by atoms with Gasteiger partial charge in [-0.2, -0.15) is 0 Å². The van der Waals surface area contributed by atoms with Crippen molar-refractivity contribution in [2.75, 3.05) is 27.3 Å². The number of carbonyl (C=O) groups excluding carboxylic acids is 1. The number of nitrogens with one attached hydrogen (secondary N) is 1. The molecule has 0 aromatic heterocycles. The molecule has 0 aromatic rings. The van der Waals surface area contributed by atoms with Gasteiger partial charge in [0.15, 0.2) is 0 Å². The number of amides is 1. The molecule has 0 radical (unpaired) electrons. The summed E-state index contributed by atoms with van der Waals surface area (Å²) in [7, 11) is 3.99. The summed E-state index contributed by atoms with van der Waals surface area (Å²) in [5.74, 6) is 0.289. The Balaban J connectivity index is 2.19. The third kappa shape index (κ3) is 6.23. The van der Waals surface area contributed by atoms with Crippen molar-refractivity contribution in [2.24, 2.45) is 5.92 Å². The van der Waals surface area contributed by atoms with Crippen molar-refractivity contribution < 1.29 is 9.53 Å². The summed E-state index contributed by atoms with van der Waals surface area (Å²) in [6.45, 7) is 5.92. The Morgan fingerprint density at radius 1 is 1.25 bits per heavy atom. The van der Waals surface area contributed by atoms with Crippen molar-refractivity contribution in [1.82, 2.24) is 10.2 Å². The Labute approximate surface area is 124 Å². The molecule has 0 heterocycles. The molecule has 20 heavy (non-hydrogen) atoms. The third-order valence-electron chi connectivity index (χ3n) is 4.30. The molecule has 0 saturated heterocycles. The molecule has 0 aromatic carbocycles. The maximum Gasteiger partial charge on any atom is 0.222 e. The van der Waals surface area contributed by atoms with Crippen LogP contribution in [0.2, 0.25) is 0 Å². The minimum absolute atomic E-state index is 0.0937. The third-order valence-corrected chi connectivity index (χ3v) is 4.30. The van der Waals surface area contributed by atoms with Crippen LogP contribution in [-0.2, 0) is 9.53 Å². The largest absolute Gasteiger partial charge is 0.385 e. The van der Waals surface area contributed by atoms with E-state index in [0.29, 0.717) is 12.1 Å². The van der Waals surface area contributed by atoms with Gasteiger partial charge in [0.25, 0.3) is 0 Å². The van der Waals surface area contributed by atoms with E-state index in [9.17, 15) is 4.79 Å². The molecule has 1 fully saturated rings. The Bertz CT molecular complexity index is 274. The van der Waals surface area contributed by atoms with Crippen LogP contribution in [0.15, 0.2) is 0 Å². The van der Waals surface area contributed by atoms with Gasteiger partial charge in [0.2, 0.25) is 5.91 Å². The summed E-state index contributed by atoms with van der Waals surface area (Å²) in [6.07, 6.45) is 6.97. The summed E-state index contributed by atoms with van der Waals surface area (Å²) >= 11 is 0. The number of rotatable bonds is 8. The standard InChI is InChI=1S/C16H32N2O2/c1-13(2)16(19)17-14-7-9-15(10-8-14)18(3)11-5-6-12-20-4/h13-15H,5-12H2,1-4H3,(H,17,19). The van der Waals surface area contributed by atoms with E-state index in [1.165, 1.54) is 19.3 Å². The van der Waals surface area contributed by atoms with Crippen molar-refractivity contribution in [3.8, 4) is 0 Å². The molecule has 1 N–H and O–H groups in total. The fourth-order valence-electron chi connectivity index (χ4n) is 2.82. The Hall–Kier alpha value is -0.610. The average molecular weight is 284 g/mol. The van der Waals surface area contributed by atoms with Crippen LogP contribution >= 0.6 is 0 Å². The first-order valence-electron chi connectivity index (χ1n) is 8.04. The van der Waals surface area contributed by atoms with E-state index in [2.05, 4.69) is 17.3 Å². The van der Waals surface area contributed by atoms with E-state index >= 15 is 0 Å². The van der Waals surface area contributed by atoms with Crippen LogP contribution in [0.25, 0.3) is 0 Å². The molecule has 118 valence electrons. The van der Waals surface area contributed by atoms with Gasteiger partial charge in [0.1, 0.15) is 0 Å². The van der Waals surface area contributed by atoms with Gasteiger partial charge in [-0.25, -0.2) is 0 Å². The van der Waals surface area contributed by atoms with Gasteiger partial charge in [0.05, 0.1) is 0 Å². The number of nitrogens with zero attached hydrogens (tertiary/aromatic N) is 1. The van der Waals surface area contributed by atoms with Crippen LogP contribution in [0.1, 0.15) is 52.4 Å². The van der Waals surface area contributed by atoms with Crippen LogP contribution in [0.4, 0.5) is 0 Å². The van der Waals surface area contributed by atoms with Crippen molar-refractivity contribution >= 4 is 5.91 Å². The lowest BCUT2D eigenvalue weighted by atomic mass is 9.90. The van der Waals surface area contributed by atoms with E-state index in [4.69, 9.17) is 4.74 Å². The molecule has 1 aliphatic carbocycles. The summed E-state index contributed by atoms with van der Waals surface area (Å²) in [6, 6.07) is 1.08. The minimum Gasteiger partial charge on any atom is -0.385 e. The second-order valence-corrected chi connectivity index (χ2v) is 6.35. The molecule has 1 rings (SSSR count). The molecule has 0 unspecified atom stereocenters. The molecule has 0 atom stereocenters. The highest BCUT2D eigenvalue weighted by atomic mass is 16.5. The number of carbonyl (C=O) groups is 1. The lowest BCUT2D eigenvalue weighted by molar-refractivity contribution is -0.125. The molecule has 0 spiro atoms. The molecule has 1 saturated carbocycles. The van der Waals surface area contributed by atoms with E-state index in [1.807, 2.05) is 13.8 Å². The van der Waals surface area contributed by atoms with Crippen LogP contribution in [0.3, 0.4) is 0 Å². The van der Waals surface area contributed by atoms with Gasteiger partial charge in [-0.15, -0.1) is 0 Å². The minimum atomic E-state index is 0.0937. The van der Waals surface area contributed by atoms with E-state index in [-0.39, 0.29) is 11.8 Å². The Morgan fingerprint density at radius 2 is 1.90 bits per heavy atom. The average Bonchev–Trinajstić information content (AvgIpc) is 2.44. The number of methoxy groups -OCH3 is 1. The molecule has 0 bridgehead atoms. The van der Waals surface area contributed by atoms with Gasteiger partial charge >= 0.3 is 0 Å². The fraction of sp³-hybridized carbons (Fsp3) is 0.938. The van der Waals surface area contributed by atoms with Gasteiger partial charge in [-0.1, -0.05) is 13.8 Å². The van der Waals surface area contributed by atoms with Gasteiger partial charge in [-0.05, 0) is 52.1 Å². The molecule has 4 nitrogen and oxygen atoms in total. The zero-order valence-corrected chi connectivity index (χ0v) is 13.7. The molecule has 4 heteroatoms. The van der Waals surface area contributed by atoms with E-state index in [0.717, 1.165) is 32.4 Å². The van der Waals surface area contributed by atoms with E-state index < -0.39 is 0 Å². The number of ether oxygens (including phenoxy) is 1. The molecule has 1 amide bonds. The van der Waals surface area contributed by atoms with Crippen molar-refractivity contribution in [1.29, 1.82) is 0 Å². The second-order valence-electron chi connectivity index (χ2n) is 6.35. The van der Waals surface area contributed by atoms with Crippen molar-refractivity contribution in [3.05, 3.63) is 0 Å². The maximum atomic E-state index is 11.7. The van der Waals surface area contributed by atoms with Gasteiger partial charge in [0, 0.05) is 31.7 Å². The maximum absolute atomic E-state index is 11.7. The first-order chi connectivity index (χ1) is 9.54. The van der Waals surface area contributed by atoms with Crippen molar-refractivity contribution in [2.45, 2.75) is 64.5 Å². The van der Waals surface area contributed by atoms with Crippen molar-refractivity contribution in [3.63, 3.8) is 0 Å². The highest BCUT2D eigenvalue weighted by Crippen LogP contribution is 2.23. The lowest BCUT2D eigenvalue weighted by Crippen LogP contribution is -2.44. The van der Waals surface area contributed by atoms with Crippen LogP contribution < -0.4 is 5.32 Å². The summed E-state index contributed by atoms with van der Waals surface area (Å²) in [5.41, 5.74) is 0. The quantitative estimate of drug-likeness (QED) is 0.696. The fourth-order valence-corrected chi connectivity index (χ4v) is 2.82. The zero-order valence-electron chi connectivity index (χ0n) is 13.7. The molecule has 1 aliphatic rings. The topological polar surface area (TPSA) is 41.6 Å². The summed E-state index contributed by atoms with van der Waals surface area (Å²) < 4.78 is 5.08. The zero-order chi connectivity index (χ0) is 15.0. The predicted octanol–water partition coefficient (Wildman–Crippen LogP) is 2.43. The monoisotopic (exact) mass is 284 g/mol. The number of hydrogen-bond acceptors (Lipinski definition) is 3. The second kappa shape index (κ2) is 9.35. The lowest BCUT2D eigenvalue weighted by Gasteiger charge is -2.35. The van der Waals surface area contributed by atoms with Crippen LogP contribution in [0.5, 0.6) is 0 Å². The van der Waals surface area contributed by atoms with Gasteiger partial charge in [-0.3, -0.25) is 4.79 Å². The highest BCUT2D eigenvalue weighted by Gasteiger charge is 2.25.